The van der Waals surface area contributed by atoms with Crippen LogP contribution >= 0.6 is 0 Å². The third-order valence-electron chi connectivity index (χ3n) is 6.98. The van der Waals surface area contributed by atoms with Gasteiger partial charge in [-0.15, -0.1) is 0 Å². The number of rotatable bonds is 30. The quantitative estimate of drug-likeness (QED) is 0.0313. The molecule has 0 aliphatic rings. The van der Waals surface area contributed by atoms with Crippen molar-refractivity contribution in [3.8, 4) is 0 Å². The second-order valence-electron chi connectivity index (χ2n) is 11.6. The predicted molar refractivity (Wildman–Crippen MR) is 189 cm³/mol. The summed E-state index contributed by atoms with van der Waals surface area (Å²) in [4.78, 5) is 44.6. The summed E-state index contributed by atoms with van der Waals surface area (Å²) in [5, 5.41) is 0. The Morgan fingerprint density at radius 2 is 0.620 bits per heavy atom. The highest BCUT2D eigenvalue weighted by atomic mass is 32.3. The number of hydrogen-bond donors (Lipinski definition) is 4. The normalized spacial score (nSPS) is 10.8. The largest absolute Gasteiger partial charge is 0.466 e. The summed E-state index contributed by atoms with van der Waals surface area (Å²) in [6.07, 6.45) is 22.2. The number of unbranched alkanes of at least 4 members (excludes halogenated alkanes) is 18. The summed E-state index contributed by atoms with van der Waals surface area (Å²) in [7, 11) is -9.62. The highest BCUT2D eigenvalue weighted by molar-refractivity contribution is 7.81. The zero-order chi connectivity index (χ0) is 36.5. The van der Waals surface area contributed by atoms with Crippen LogP contribution in [0.4, 0.5) is 0 Å². The lowest BCUT2D eigenvalue weighted by molar-refractivity contribution is -0.147. The van der Waals surface area contributed by atoms with Crippen LogP contribution < -0.4 is 12.3 Å². The van der Waals surface area contributed by atoms with Crippen LogP contribution in [0, 0.1) is 0 Å². The average Bonchev–Trinajstić information content (AvgIpc) is 2.99. The highest BCUT2D eigenvalue weighted by Gasteiger charge is 2.16. The van der Waals surface area contributed by atoms with Crippen molar-refractivity contribution < 1.29 is 63.0 Å². The molecule has 0 radical (unpaired) electrons. The third-order valence-corrected chi connectivity index (χ3v) is 7.78. The van der Waals surface area contributed by atoms with Crippen LogP contribution in [0.5, 0.6) is 0 Å². The molecule has 0 saturated carbocycles. The Kier molecular flexibility index (Phi) is 39.6. The van der Waals surface area contributed by atoms with Gasteiger partial charge in [-0.25, -0.2) is 0 Å². The Balaban J connectivity index is -0.000000407. The van der Waals surface area contributed by atoms with Gasteiger partial charge < -0.3 is 30.1 Å². The summed E-state index contributed by atoms with van der Waals surface area (Å²) in [6.45, 7) is 5.00. The highest BCUT2D eigenvalue weighted by Crippen LogP contribution is 2.12. The summed E-state index contributed by atoms with van der Waals surface area (Å²) >= 11 is 0. The van der Waals surface area contributed by atoms with Crippen LogP contribution in [0.1, 0.15) is 168 Å². The molecule has 0 aliphatic carbocycles. The van der Waals surface area contributed by atoms with Crippen LogP contribution in [0.2, 0.25) is 0 Å². The van der Waals surface area contributed by atoms with Gasteiger partial charge in [0.15, 0.2) is 0 Å². The van der Waals surface area contributed by atoms with Gasteiger partial charge in [-0.3, -0.25) is 28.3 Å². The first-order chi connectivity index (χ1) is 22.7. The van der Waals surface area contributed by atoms with Gasteiger partial charge in [-0.2, -0.15) is 16.8 Å². The molecule has 50 heavy (non-hydrogen) atoms. The Hall–Kier alpha value is -2.38. The van der Waals surface area contributed by atoms with E-state index >= 15 is 0 Å². The standard InChI is InChI=1S/2C16H30O7S.2H3N/c2*1-2-3-4-5-6-7-8-9-10-11-14-22-15(17)12-13-16(18)23-24(19,20)21;;/h2*2-14H2,1H3,(H,19,20,21);2*1H3. The minimum absolute atomic E-state index is 0. The lowest BCUT2D eigenvalue weighted by Crippen LogP contribution is -2.14. The van der Waals surface area contributed by atoms with Gasteiger partial charge in [0.2, 0.25) is 0 Å². The molecule has 0 spiro atoms. The minimum atomic E-state index is -4.81. The van der Waals surface area contributed by atoms with Crippen LogP contribution in [0.15, 0.2) is 0 Å². The number of ether oxygens (including phenoxy) is 2. The summed E-state index contributed by atoms with van der Waals surface area (Å²) in [5.41, 5.74) is 0. The fraction of sp³-hybridized carbons (Fsp3) is 0.875. The van der Waals surface area contributed by atoms with E-state index in [-0.39, 0.29) is 25.1 Å². The maximum Gasteiger partial charge on any atom is 0.448 e. The second kappa shape index (κ2) is 36.4. The van der Waals surface area contributed by atoms with Crippen LogP contribution in [-0.2, 0) is 57.8 Å². The van der Waals surface area contributed by atoms with Gasteiger partial charge >= 0.3 is 44.7 Å². The molecule has 0 unspecified atom stereocenters. The Morgan fingerprint density at radius 1 is 0.400 bits per heavy atom. The van der Waals surface area contributed by atoms with E-state index < -0.39 is 57.5 Å². The maximum absolute atomic E-state index is 11.3. The fourth-order valence-electron chi connectivity index (χ4n) is 4.42. The third kappa shape index (κ3) is 47.7. The van der Waals surface area contributed by atoms with E-state index in [2.05, 4.69) is 22.2 Å². The first-order valence-corrected chi connectivity index (χ1v) is 20.1. The van der Waals surface area contributed by atoms with Crippen LogP contribution in [0.25, 0.3) is 0 Å². The molecule has 8 N–H and O–H groups in total. The van der Waals surface area contributed by atoms with Crippen molar-refractivity contribution in [3.63, 3.8) is 0 Å². The Labute approximate surface area is 300 Å². The molecule has 18 heteroatoms. The smallest absolute Gasteiger partial charge is 0.448 e. The van der Waals surface area contributed by atoms with Crippen molar-refractivity contribution in [2.75, 3.05) is 13.2 Å². The lowest BCUT2D eigenvalue weighted by atomic mass is 10.1. The molecule has 16 nitrogen and oxygen atoms in total. The number of carbonyl (C=O) groups excluding carboxylic acids is 4. The SMILES string of the molecule is CCCCCCCCCCCCOC(=O)CCC(=O)OS(=O)(=O)O.CCCCCCCCCCCCOC(=O)CCC(=O)OS(=O)(=O)O.N.N. The van der Waals surface area contributed by atoms with Crippen molar-refractivity contribution in [2.24, 2.45) is 0 Å². The molecule has 300 valence electrons. The van der Waals surface area contributed by atoms with E-state index in [1.54, 1.807) is 0 Å². The van der Waals surface area contributed by atoms with Crippen molar-refractivity contribution in [3.05, 3.63) is 0 Å². The van der Waals surface area contributed by atoms with E-state index in [9.17, 15) is 36.0 Å². The molecule has 0 amide bonds. The van der Waals surface area contributed by atoms with Crippen molar-refractivity contribution in [2.45, 2.75) is 168 Å². The number of hydrogen-bond acceptors (Lipinski definition) is 14. The van der Waals surface area contributed by atoms with Gasteiger partial charge in [-0.1, -0.05) is 129 Å². The molecule has 0 heterocycles. The van der Waals surface area contributed by atoms with Crippen molar-refractivity contribution in [1.82, 2.24) is 12.3 Å². The van der Waals surface area contributed by atoms with E-state index in [0.717, 1.165) is 38.5 Å². The number of esters is 2. The first-order valence-electron chi connectivity index (χ1n) is 17.4. The average molecular weight is 767 g/mol. The molecule has 0 rings (SSSR count). The van der Waals surface area contributed by atoms with E-state index in [0.29, 0.717) is 13.2 Å². The molecule has 0 aromatic carbocycles. The predicted octanol–water partition coefficient (Wildman–Crippen LogP) is 7.48. The Bertz CT molecular complexity index is 987. The summed E-state index contributed by atoms with van der Waals surface area (Å²) < 4.78 is 74.9. The van der Waals surface area contributed by atoms with E-state index in [1.165, 1.54) is 89.9 Å². The Morgan fingerprint density at radius 3 is 0.860 bits per heavy atom. The van der Waals surface area contributed by atoms with Gasteiger partial charge in [0.1, 0.15) is 0 Å². The molecule has 0 saturated heterocycles. The maximum atomic E-state index is 11.3. The summed E-state index contributed by atoms with van der Waals surface area (Å²) in [6, 6.07) is 0. The zero-order valence-corrected chi connectivity index (χ0v) is 32.0. The van der Waals surface area contributed by atoms with Gasteiger partial charge in [-0.05, 0) is 12.8 Å². The molecule has 0 atom stereocenters. The lowest BCUT2D eigenvalue weighted by Gasteiger charge is -2.05. The van der Waals surface area contributed by atoms with Gasteiger partial charge in [0, 0.05) is 0 Å². The fourth-order valence-corrected chi connectivity index (χ4v) is 5.06. The monoisotopic (exact) mass is 766 g/mol. The van der Waals surface area contributed by atoms with Crippen molar-refractivity contribution >= 4 is 44.7 Å². The zero-order valence-electron chi connectivity index (χ0n) is 30.4. The molecule has 0 aromatic heterocycles. The molecular formula is C32H66N2O14S2. The number of carbonyl (C=O) groups is 4. The molecule has 0 fully saturated rings. The molecular weight excluding hydrogens is 700 g/mol. The van der Waals surface area contributed by atoms with Gasteiger partial charge in [0.25, 0.3) is 0 Å². The van der Waals surface area contributed by atoms with Crippen molar-refractivity contribution in [1.29, 1.82) is 0 Å². The summed E-state index contributed by atoms with van der Waals surface area (Å²) in [5.74, 6) is -3.54. The van der Waals surface area contributed by atoms with Crippen LogP contribution in [0.3, 0.4) is 0 Å². The van der Waals surface area contributed by atoms with Gasteiger partial charge in [0.05, 0.1) is 38.9 Å². The van der Waals surface area contributed by atoms with E-state index in [1.807, 2.05) is 0 Å². The first kappa shape index (κ1) is 54.4. The van der Waals surface area contributed by atoms with Crippen LogP contribution in [-0.4, -0.2) is 63.0 Å². The second-order valence-corrected chi connectivity index (χ2v) is 13.6. The molecule has 0 aromatic rings. The molecule has 0 aliphatic heterocycles. The molecule has 0 bridgehead atoms. The minimum Gasteiger partial charge on any atom is -0.466 e. The topological polar surface area (TPSA) is 284 Å². The van der Waals surface area contributed by atoms with E-state index in [4.69, 9.17) is 18.6 Å².